The highest BCUT2D eigenvalue weighted by Gasteiger charge is 2.25. The van der Waals surface area contributed by atoms with Crippen molar-refractivity contribution < 1.29 is 13.9 Å². The predicted molar refractivity (Wildman–Crippen MR) is 121 cm³/mol. The average Bonchev–Trinajstić information content (AvgIpc) is 3.40. The Balaban J connectivity index is 1.28. The summed E-state index contributed by atoms with van der Waals surface area (Å²) >= 11 is 3.46. The molecule has 4 rings (SSSR count). The molecule has 0 spiro atoms. The Morgan fingerprint density at radius 3 is 2.65 bits per heavy atom. The van der Waals surface area contributed by atoms with Crippen molar-refractivity contribution in [2.75, 3.05) is 26.2 Å². The Morgan fingerprint density at radius 2 is 1.94 bits per heavy atom. The molecule has 164 valence electrons. The van der Waals surface area contributed by atoms with Crippen molar-refractivity contribution in [2.45, 2.75) is 33.5 Å². The van der Waals surface area contributed by atoms with Crippen molar-refractivity contribution in [3.05, 3.63) is 69.8 Å². The van der Waals surface area contributed by atoms with Crippen LogP contribution in [0.5, 0.6) is 5.75 Å². The second-order valence-electron chi connectivity index (χ2n) is 7.65. The first-order valence-electron chi connectivity index (χ1n) is 10.5. The highest BCUT2D eigenvalue weighted by molar-refractivity contribution is 9.10. The van der Waals surface area contributed by atoms with Crippen molar-refractivity contribution in [1.29, 1.82) is 0 Å². The number of carbonyl (C=O) groups is 1. The van der Waals surface area contributed by atoms with Crippen LogP contribution >= 0.6 is 15.9 Å². The van der Waals surface area contributed by atoms with E-state index < -0.39 is 0 Å². The predicted octanol–water partition coefficient (Wildman–Crippen LogP) is 4.10. The van der Waals surface area contributed by atoms with Gasteiger partial charge in [-0.3, -0.25) is 14.4 Å². The highest BCUT2D eigenvalue weighted by Crippen LogP contribution is 2.25. The number of rotatable bonds is 7. The van der Waals surface area contributed by atoms with Gasteiger partial charge in [0.05, 0.1) is 10.2 Å². The van der Waals surface area contributed by atoms with Crippen molar-refractivity contribution >= 4 is 21.8 Å². The van der Waals surface area contributed by atoms with Crippen molar-refractivity contribution in [3.8, 4) is 5.75 Å². The summed E-state index contributed by atoms with van der Waals surface area (Å²) in [6.07, 6.45) is 2.12. The van der Waals surface area contributed by atoms with E-state index in [2.05, 4.69) is 46.0 Å². The molecule has 1 aromatic carbocycles. The van der Waals surface area contributed by atoms with E-state index >= 15 is 0 Å². The van der Waals surface area contributed by atoms with Crippen LogP contribution in [0.4, 0.5) is 0 Å². The molecule has 8 heteroatoms. The Hall–Kier alpha value is -2.58. The molecule has 3 aromatic rings. The Kier molecular flexibility index (Phi) is 6.77. The molecule has 0 saturated carbocycles. The first kappa shape index (κ1) is 21.6. The van der Waals surface area contributed by atoms with Gasteiger partial charge in [-0.1, -0.05) is 12.1 Å². The molecule has 0 aliphatic carbocycles. The molecule has 31 heavy (non-hydrogen) atoms. The van der Waals surface area contributed by atoms with Gasteiger partial charge in [0.25, 0.3) is 5.91 Å². The van der Waals surface area contributed by atoms with Crippen LogP contribution in [0.2, 0.25) is 0 Å². The Morgan fingerprint density at radius 1 is 1.16 bits per heavy atom. The number of benzene rings is 1. The molecule has 0 bridgehead atoms. The third kappa shape index (κ3) is 5.19. The fourth-order valence-electron chi connectivity index (χ4n) is 3.66. The molecule has 0 N–H and O–H groups in total. The van der Waals surface area contributed by atoms with Crippen molar-refractivity contribution in [2.24, 2.45) is 0 Å². The summed E-state index contributed by atoms with van der Waals surface area (Å²) < 4.78 is 14.4. The number of amides is 1. The Bertz CT molecular complexity index is 1040. The highest BCUT2D eigenvalue weighted by atomic mass is 79.9. The molecule has 0 radical (unpaired) electrons. The molecular formula is C23H27BrN4O3. The van der Waals surface area contributed by atoms with Gasteiger partial charge in [-0.15, -0.1) is 0 Å². The van der Waals surface area contributed by atoms with Gasteiger partial charge < -0.3 is 14.1 Å². The second kappa shape index (κ2) is 9.70. The summed E-state index contributed by atoms with van der Waals surface area (Å²) in [4.78, 5) is 17.1. The molecule has 0 unspecified atom stereocenters. The quantitative estimate of drug-likeness (QED) is 0.502. The summed E-state index contributed by atoms with van der Waals surface area (Å²) in [5, 5.41) is 4.52. The minimum Gasteiger partial charge on any atom is -0.484 e. The fraction of sp³-hybridized carbons (Fsp3) is 0.391. The smallest absolute Gasteiger partial charge is 0.289 e. The van der Waals surface area contributed by atoms with Crippen LogP contribution in [-0.4, -0.2) is 51.7 Å². The third-order valence-electron chi connectivity index (χ3n) is 5.50. The van der Waals surface area contributed by atoms with Crippen LogP contribution in [-0.2, 0) is 19.7 Å². The Labute approximate surface area is 190 Å². The van der Waals surface area contributed by atoms with Gasteiger partial charge in [-0.25, -0.2) is 0 Å². The molecule has 1 fully saturated rings. The van der Waals surface area contributed by atoms with Gasteiger partial charge in [-0.2, -0.15) is 5.10 Å². The SMILES string of the molecule is CCn1cc(CN2CCN(C(=O)c3ccc(COc4ccccc4Br)o3)CC2)c(C)n1. The lowest BCUT2D eigenvalue weighted by atomic mass is 10.2. The van der Waals surface area contributed by atoms with Gasteiger partial charge in [0, 0.05) is 51.0 Å². The van der Waals surface area contributed by atoms with Crippen LogP contribution in [0.1, 0.15) is 34.5 Å². The topological polar surface area (TPSA) is 63.7 Å². The van der Waals surface area contributed by atoms with Gasteiger partial charge >= 0.3 is 0 Å². The first-order valence-corrected chi connectivity index (χ1v) is 11.3. The van der Waals surface area contributed by atoms with Gasteiger partial charge in [0.2, 0.25) is 0 Å². The lowest BCUT2D eigenvalue weighted by Crippen LogP contribution is -2.48. The monoisotopic (exact) mass is 486 g/mol. The first-order chi connectivity index (χ1) is 15.0. The molecule has 7 nitrogen and oxygen atoms in total. The van der Waals surface area contributed by atoms with Crippen LogP contribution in [0, 0.1) is 6.92 Å². The van der Waals surface area contributed by atoms with E-state index in [-0.39, 0.29) is 12.5 Å². The lowest BCUT2D eigenvalue weighted by molar-refractivity contribution is 0.0594. The van der Waals surface area contributed by atoms with E-state index in [9.17, 15) is 4.79 Å². The zero-order valence-corrected chi connectivity index (χ0v) is 19.5. The van der Waals surface area contributed by atoms with Crippen LogP contribution in [0.3, 0.4) is 0 Å². The van der Waals surface area contributed by atoms with Crippen LogP contribution in [0.25, 0.3) is 0 Å². The molecule has 1 aliphatic rings. The summed E-state index contributed by atoms with van der Waals surface area (Å²) in [6, 6.07) is 11.2. The summed E-state index contributed by atoms with van der Waals surface area (Å²) in [5.74, 6) is 1.66. The standard InChI is InChI=1S/C23H27BrN4O3/c1-3-28-15-18(17(2)25-28)14-26-10-12-27(13-11-26)23(29)22-9-8-19(31-22)16-30-21-7-5-4-6-20(21)24/h4-9,15H,3,10-14,16H2,1-2H3. The molecular weight excluding hydrogens is 460 g/mol. The number of hydrogen-bond donors (Lipinski definition) is 0. The van der Waals surface area contributed by atoms with Crippen molar-refractivity contribution in [1.82, 2.24) is 19.6 Å². The van der Waals surface area contributed by atoms with E-state index in [4.69, 9.17) is 9.15 Å². The molecule has 0 atom stereocenters. The number of nitrogens with zero attached hydrogens (tertiary/aromatic N) is 4. The normalized spacial score (nSPS) is 14.7. The zero-order valence-electron chi connectivity index (χ0n) is 17.9. The molecule has 1 aliphatic heterocycles. The maximum Gasteiger partial charge on any atom is 0.289 e. The minimum absolute atomic E-state index is 0.0678. The van der Waals surface area contributed by atoms with Crippen LogP contribution in [0.15, 0.2) is 51.5 Å². The average molecular weight is 487 g/mol. The van der Waals surface area contributed by atoms with E-state index in [0.717, 1.165) is 42.1 Å². The van der Waals surface area contributed by atoms with Gasteiger partial charge in [0.1, 0.15) is 18.1 Å². The number of para-hydroxylation sites is 1. The lowest BCUT2D eigenvalue weighted by Gasteiger charge is -2.34. The third-order valence-corrected chi connectivity index (χ3v) is 6.16. The maximum atomic E-state index is 12.9. The summed E-state index contributed by atoms with van der Waals surface area (Å²) in [7, 11) is 0. The number of piperazine rings is 1. The molecule has 1 saturated heterocycles. The van der Waals surface area contributed by atoms with E-state index in [1.807, 2.05) is 33.8 Å². The fourth-order valence-corrected chi connectivity index (χ4v) is 4.06. The zero-order chi connectivity index (χ0) is 21.8. The van der Waals surface area contributed by atoms with Gasteiger partial charge in [-0.05, 0) is 54.0 Å². The number of ether oxygens (including phenoxy) is 1. The van der Waals surface area contributed by atoms with E-state index in [0.29, 0.717) is 24.6 Å². The minimum atomic E-state index is -0.0678. The molecule has 1 amide bonds. The number of furan rings is 1. The number of carbonyl (C=O) groups excluding carboxylic acids is 1. The summed E-state index contributed by atoms with van der Waals surface area (Å²) in [5.41, 5.74) is 2.33. The van der Waals surface area contributed by atoms with E-state index in [1.54, 1.807) is 12.1 Å². The summed E-state index contributed by atoms with van der Waals surface area (Å²) in [6.45, 7) is 9.19. The van der Waals surface area contributed by atoms with Gasteiger partial charge in [0.15, 0.2) is 5.76 Å². The largest absolute Gasteiger partial charge is 0.484 e. The van der Waals surface area contributed by atoms with Crippen molar-refractivity contribution in [3.63, 3.8) is 0 Å². The second-order valence-corrected chi connectivity index (χ2v) is 8.50. The van der Waals surface area contributed by atoms with E-state index in [1.165, 1.54) is 5.56 Å². The maximum absolute atomic E-state index is 12.9. The number of halogens is 1. The number of hydrogen-bond acceptors (Lipinski definition) is 5. The van der Waals surface area contributed by atoms with Crippen LogP contribution < -0.4 is 4.74 Å². The molecule has 2 aromatic heterocycles. The number of aromatic nitrogens is 2. The number of aryl methyl sites for hydroxylation is 2. The molecule has 3 heterocycles.